The van der Waals surface area contributed by atoms with Gasteiger partial charge < -0.3 is 9.84 Å². The molecule has 92 valence electrons. The van der Waals surface area contributed by atoms with Crippen LogP contribution in [0.25, 0.3) is 10.2 Å². The Morgan fingerprint density at radius 2 is 2.22 bits per heavy atom. The lowest BCUT2D eigenvalue weighted by atomic mass is 10.2. The molecule has 3 aromatic rings. The molecule has 3 aromatic heterocycles. The van der Waals surface area contributed by atoms with E-state index >= 15 is 0 Å². The van der Waals surface area contributed by atoms with Crippen LogP contribution in [0.2, 0.25) is 0 Å². The van der Waals surface area contributed by atoms with Crippen molar-refractivity contribution in [2.24, 2.45) is 0 Å². The van der Waals surface area contributed by atoms with Gasteiger partial charge in [-0.3, -0.25) is 0 Å². The van der Waals surface area contributed by atoms with Crippen LogP contribution >= 0.6 is 11.3 Å². The third-order valence-corrected chi connectivity index (χ3v) is 3.70. The van der Waals surface area contributed by atoms with Crippen molar-refractivity contribution in [1.82, 2.24) is 15.1 Å². The number of nitrogens with zero attached hydrogens (tertiary/aromatic N) is 3. The quantitative estimate of drug-likeness (QED) is 0.784. The van der Waals surface area contributed by atoms with E-state index in [1.54, 1.807) is 17.7 Å². The molecule has 0 aromatic carbocycles. The van der Waals surface area contributed by atoms with Gasteiger partial charge >= 0.3 is 0 Å². The highest BCUT2D eigenvalue weighted by molar-refractivity contribution is 7.16. The number of rotatable bonds is 3. The van der Waals surface area contributed by atoms with Gasteiger partial charge in [0.2, 0.25) is 0 Å². The molecular formula is C12H12N4OS. The molecule has 0 atom stereocenters. The fourth-order valence-corrected chi connectivity index (χ4v) is 2.59. The van der Waals surface area contributed by atoms with Gasteiger partial charge in [-0.15, -0.1) is 11.3 Å². The lowest BCUT2D eigenvalue weighted by molar-refractivity contribution is 0.392. The fraction of sp³-hybridized carbons (Fsp3) is 0.250. The van der Waals surface area contributed by atoms with Gasteiger partial charge in [-0.25, -0.2) is 9.97 Å². The van der Waals surface area contributed by atoms with Crippen LogP contribution in [0.5, 0.6) is 0 Å². The van der Waals surface area contributed by atoms with Gasteiger partial charge in [-0.1, -0.05) is 5.16 Å². The Labute approximate surface area is 108 Å². The number of thiophene rings is 1. The van der Waals surface area contributed by atoms with Gasteiger partial charge in [-0.2, -0.15) is 0 Å². The van der Waals surface area contributed by atoms with Crippen molar-refractivity contribution in [2.45, 2.75) is 20.4 Å². The first-order valence-corrected chi connectivity index (χ1v) is 6.47. The van der Waals surface area contributed by atoms with Gasteiger partial charge in [0.25, 0.3) is 0 Å². The number of nitrogens with one attached hydrogen (secondary N) is 1. The maximum Gasteiger partial charge on any atom is 0.138 e. The molecule has 0 aliphatic heterocycles. The molecule has 3 rings (SSSR count). The maximum absolute atomic E-state index is 5.14. The second-order valence-electron chi connectivity index (χ2n) is 4.02. The third-order valence-electron chi connectivity index (χ3n) is 2.88. The molecule has 0 spiro atoms. The van der Waals surface area contributed by atoms with E-state index in [0.717, 1.165) is 33.1 Å². The van der Waals surface area contributed by atoms with Crippen molar-refractivity contribution in [3.63, 3.8) is 0 Å². The third kappa shape index (κ3) is 1.84. The van der Waals surface area contributed by atoms with Gasteiger partial charge in [0.15, 0.2) is 0 Å². The van der Waals surface area contributed by atoms with E-state index in [1.165, 1.54) is 0 Å². The van der Waals surface area contributed by atoms with E-state index in [2.05, 4.69) is 20.4 Å². The fourth-order valence-electron chi connectivity index (χ4n) is 1.86. The summed E-state index contributed by atoms with van der Waals surface area (Å²) in [4.78, 5) is 9.48. The Morgan fingerprint density at radius 1 is 1.33 bits per heavy atom. The van der Waals surface area contributed by atoms with Crippen LogP contribution in [-0.4, -0.2) is 15.1 Å². The summed E-state index contributed by atoms with van der Waals surface area (Å²) in [7, 11) is 0. The second kappa shape index (κ2) is 4.38. The molecule has 18 heavy (non-hydrogen) atoms. The number of anilines is 1. The number of aromatic nitrogens is 3. The SMILES string of the molecule is Cc1noc(C)c1CNc1ncnc2sccc12. The van der Waals surface area contributed by atoms with E-state index < -0.39 is 0 Å². The molecule has 6 heteroatoms. The molecule has 0 saturated carbocycles. The summed E-state index contributed by atoms with van der Waals surface area (Å²) in [5.74, 6) is 1.69. The molecule has 0 fully saturated rings. The first-order valence-electron chi connectivity index (χ1n) is 5.59. The zero-order valence-electron chi connectivity index (χ0n) is 10.1. The smallest absolute Gasteiger partial charge is 0.138 e. The number of hydrogen-bond acceptors (Lipinski definition) is 6. The lowest BCUT2D eigenvalue weighted by Crippen LogP contribution is -2.03. The monoisotopic (exact) mass is 260 g/mol. The van der Waals surface area contributed by atoms with E-state index in [0.29, 0.717) is 6.54 Å². The average molecular weight is 260 g/mol. The first kappa shape index (κ1) is 11.2. The molecule has 0 saturated heterocycles. The predicted molar refractivity (Wildman–Crippen MR) is 70.7 cm³/mol. The van der Waals surface area contributed by atoms with Crippen molar-refractivity contribution in [2.75, 3.05) is 5.32 Å². The zero-order chi connectivity index (χ0) is 12.5. The van der Waals surface area contributed by atoms with Crippen LogP contribution in [0.4, 0.5) is 5.82 Å². The molecule has 3 heterocycles. The molecule has 0 bridgehead atoms. The van der Waals surface area contributed by atoms with E-state index in [4.69, 9.17) is 4.52 Å². The molecule has 0 radical (unpaired) electrons. The second-order valence-corrected chi connectivity index (χ2v) is 4.91. The number of fused-ring (bicyclic) bond motifs is 1. The number of aryl methyl sites for hydroxylation is 2. The minimum absolute atomic E-state index is 0.656. The Balaban J connectivity index is 1.87. The summed E-state index contributed by atoms with van der Waals surface area (Å²) < 4.78 is 5.14. The van der Waals surface area contributed by atoms with E-state index in [-0.39, 0.29) is 0 Å². The summed E-state index contributed by atoms with van der Waals surface area (Å²) in [6.07, 6.45) is 1.58. The Bertz CT molecular complexity index is 669. The van der Waals surface area contributed by atoms with Crippen molar-refractivity contribution >= 4 is 27.4 Å². The summed E-state index contributed by atoms with van der Waals surface area (Å²) >= 11 is 1.61. The molecular weight excluding hydrogens is 248 g/mol. The van der Waals surface area contributed by atoms with Crippen LogP contribution in [0, 0.1) is 13.8 Å². The predicted octanol–water partition coefficient (Wildman–Crippen LogP) is 2.91. The van der Waals surface area contributed by atoms with E-state index in [1.807, 2.05) is 25.3 Å². The molecule has 0 aliphatic rings. The van der Waals surface area contributed by atoms with Crippen molar-refractivity contribution in [3.8, 4) is 0 Å². The lowest BCUT2D eigenvalue weighted by Gasteiger charge is -2.05. The molecule has 5 nitrogen and oxygen atoms in total. The van der Waals surface area contributed by atoms with Gasteiger partial charge in [0.1, 0.15) is 22.7 Å². The maximum atomic E-state index is 5.14. The van der Waals surface area contributed by atoms with Crippen LogP contribution in [0.3, 0.4) is 0 Å². The average Bonchev–Trinajstić information content (AvgIpc) is 2.95. The molecule has 0 amide bonds. The summed E-state index contributed by atoms with van der Waals surface area (Å²) in [5.41, 5.74) is 1.99. The molecule has 0 aliphatic carbocycles. The summed E-state index contributed by atoms with van der Waals surface area (Å²) in [6, 6.07) is 2.02. The van der Waals surface area contributed by atoms with Crippen LogP contribution in [0.1, 0.15) is 17.0 Å². The van der Waals surface area contributed by atoms with Crippen LogP contribution in [-0.2, 0) is 6.54 Å². The minimum Gasteiger partial charge on any atom is -0.365 e. The van der Waals surface area contributed by atoms with Crippen LogP contribution in [0.15, 0.2) is 22.3 Å². The highest BCUT2D eigenvalue weighted by Crippen LogP contribution is 2.24. The largest absolute Gasteiger partial charge is 0.365 e. The first-order chi connectivity index (χ1) is 8.75. The van der Waals surface area contributed by atoms with E-state index in [9.17, 15) is 0 Å². The van der Waals surface area contributed by atoms with Gasteiger partial charge in [0.05, 0.1) is 11.1 Å². The highest BCUT2D eigenvalue weighted by atomic mass is 32.1. The Hall–Kier alpha value is -1.95. The summed E-state index contributed by atoms with van der Waals surface area (Å²) in [5, 5.41) is 10.3. The van der Waals surface area contributed by atoms with Crippen molar-refractivity contribution < 1.29 is 4.52 Å². The minimum atomic E-state index is 0.656. The van der Waals surface area contributed by atoms with Crippen molar-refractivity contribution in [1.29, 1.82) is 0 Å². The summed E-state index contributed by atoms with van der Waals surface area (Å²) in [6.45, 7) is 4.51. The van der Waals surface area contributed by atoms with Crippen molar-refractivity contribution in [3.05, 3.63) is 34.8 Å². The number of hydrogen-bond donors (Lipinski definition) is 1. The van der Waals surface area contributed by atoms with Gasteiger partial charge in [0, 0.05) is 12.1 Å². The normalized spacial score (nSPS) is 11.0. The Kier molecular flexibility index (Phi) is 2.71. The standard InChI is InChI=1S/C12H12N4OS/c1-7-10(8(2)17-16-7)5-13-11-9-3-4-18-12(9)15-6-14-11/h3-4,6H,5H2,1-2H3,(H,13,14,15). The molecule has 1 N–H and O–H groups in total. The van der Waals surface area contributed by atoms with Crippen LogP contribution < -0.4 is 5.32 Å². The van der Waals surface area contributed by atoms with Gasteiger partial charge in [-0.05, 0) is 25.3 Å². The Morgan fingerprint density at radius 3 is 3.00 bits per heavy atom. The highest BCUT2D eigenvalue weighted by Gasteiger charge is 2.10. The zero-order valence-corrected chi connectivity index (χ0v) is 10.9. The topological polar surface area (TPSA) is 63.8 Å². The molecule has 0 unspecified atom stereocenters.